The standard InChI is InChI=1S/C31H29ClN4O7S/c1-6-34(7-2)30(38)27-17(3)33-31-35(28(27)22-15-19(41-4)9-12-24(22)42-5)29(37)26(44-31)16-20-10-13-25(43-20)21-11-8-18(32)14-23(21)36(39)40/h8-16,28H,6-7H2,1-5H3/b26-16+/t28-/m1/s1. The van der Waals surface area contributed by atoms with Gasteiger partial charge in [-0.15, -0.1) is 0 Å². The molecule has 0 saturated carbocycles. The molecule has 0 aliphatic carbocycles. The topological polar surface area (TPSA) is 129 Å². The maximum Gasteiger partial charge on any atom is 0.281 e. The van der Waals surface area contributed by atoms with Crippen LogP contribution in [-0.4, -0.2) is 47.6 Å². The van der Waals surface area contributed by atoms with Gasteiger partial charge in [-0.2, -0.15) is 0 Å². The molecule has 4 aromatic rings. The lowest BCUT2D eigenvalue weighted by atomic mass is 9.93. The van der Waals surface area contributed by atoms with E-state index in [-0.39, 0.29) is 27.9 Å². The number of hydrogen-bond donors (Lipinski definition) is 0. The number of likely N-dealkylation sites (N-methyl/N-ethyl adjacent to an activating group) is 1. The molecule has 1 aliphatic heterocycles. The van der Waals surface area contributed by atoms with Gasteiger partial charge in [0.25, 0.3) is 17.2 Å². The Hall–Kier alpha value is -4.68. The Kier molecular flexibility index (Phi) is 8.75. The maximum absolute atomic E-state index is 14.1. The van der Waals surface area contributed by atoms with Crippen LogP contribution in [0.15, 0.2) is 74.0 Å². The molecule has 0 radical (unpaired) electrons. The first-order valence-corrected chi connectivity index (χ1v) is 14.9. The van der Waals surface area contributed by atoms with Crippen molar-refractivity contribution in [3.8, 4) is 22.8 Å². The number of thiazole rings is 1. The number of rotatable bonds is 9. The van der Waals surface area contributed by atoms with Gasteiger partial charge in [-0.05, 0) is 63.2 Å². The Morgan fingerprint density at radius 3 is 2.57 bits per heavy atom. The number of ether oxygens (including phenoxy) is 2. The SMILES string of the molecule is CCN(CC)C(=O)C1=C(C)N=c2s/c(=C/c3ccc(-c4ccc(Cl)cc4[N+](=O)[O-])o3)c(=O)n2[C@@H]1c1cc(OC)ccc1OC. The van der Waals surface area contributed by atoms with E-state index >= 15 is 0 Å². The number of benzene rings is 2. The zero-order chi connectivity index (χ0) is 31.7. The number of amides is 1. The molecule has 0 spiro atoms. The van der Waals surface area contributed by atoms with Crippen LogP contribution in [0.3, 0.4) is 0 Å². The summed E-state index contributed by atoms with van der Waals surface area (Å²) in [5, 5.41) is 11.8. The van der Waals surface area contributed by atoms with Crippen molar-refractivity contribution in [3.63, 3.8) is 0 Å². The minimum atomic E-state index is -0.851. The van der Waals surface area contributed by atoms with Gasteiger partial charge in [-0.25, -0.2) is 4.99 Å². The monoisotopic (exact) mass is 636 g/mol. The van der Waals surface area contributed by atoms with E-state index in [1.807, 2.05) is 13.8 Å². The fourth-order valence-electron chi connectivity index (χ4n) is 5.19. The van der Waals surface area contributed by atoms with Gasteiger partial charge < -0.3 is 18.8 Å². The number of nitrogens with zero attached hydrogens (tertiary/aromatic N) is 4. The number of fused-ring (bicyclic) bond motifs is 1. The largest absolute Gasteiger partial charge is 0.497 e. The number of aromatic nitrogens is 1. The summed E-state index contributed by atoms with van der Waals surface area (Å²) >= 11 is 7.11. The third kappa shape index (κ3) is 5.53. The van der Waals surface area contributed by atoms with Crippen molar-refractivity contribution in [3.05, 3.63) is 106 Å². The zero-order valence-electron chi connectivity index (χ0n) is 24.6. The number of nitro benzene ring substituents is 1. The van der Waals surface area contributed by atoms with Gasteiger partial charge in [-0.3, -0.25) is 24.3 Å². The van der Waals surface area contributed by atoms with Gasteiger partial charge in [0, 0.05) is 35.8 Å². The molecular weight excluding hydrogens is 608 g/mol. The number of carbonyl (C=O) groups is 1. The van der Waals surface area contributed by atoms with Crippen LogP contribution in [0, 0.1) is 10.1 Å². The Morgan fingerprint density at radius 2 is 1.91 bits per heavy atom. The van der Waals surface area contributed by atoms with Crippen molar-refractivity contribution in [1.82, 2.24) is 9.47 Å². The van der Waals surface area contributed by atoms with E-state index in [4.69, 9.17) is 30.5 Å². The number of carbonyl (C=O) groups excluding carboxylic acids is 1. The molecule has 11 nitrogen and oxygen atoms in total. The average Bonchev–Trinajstić information content (AvgIpc) is 3.60. The van der Waals surface area contributed by atoms with Crippen LogP contribution < -0.4 is 24.4 Å². The average molecular weight is 637 g/mol. The molecule has 0 fully saturated rings. The lowest BCUT2D eigenvalue weighted by Gasteiger charge is -2.30. The van der Waals surface area contributed by atoms with E-state index in [9.17, 15) is 19.7 Å². The maximum atomic E-state index is 14.1. The van der Waals surface area contributed by atoms with E-state index in [0.717, 1.165) is 11.3 Å². The molecule has 3 heterocycles. The van der Waals surface area contributed by atoms with E-state index in [1.165, 1.54) is 37.0 Å². The van der Waals surface area contributed by atoms with Crippen LogP contribution in [0.1, 0.15) is 38.1 Å². The van der Waals surface area contributed by atoms with Crippen LogP contribution in [0.4, 0.5) is 5.69 Å². The van der Waals surface area contributed by atoms with Crippen LogP contribution >= 0.6 is 22.9 Å². The van der Waals surface area contributed by atoms with Crippen molar-refractivity contribution >= 4 is 40.6 Å². The fourth-order valence-corrected chi connectivity index (χ4v) is 6.39. The molecule has 0 bridgehead atoms. The van der Waals surface area contributed by atoms with Gasteiger partial charge in [0.15, 0.2) is 4.80 Å². The smallest absolute Gasteiger partial charge is 0.281 e. The summed E-state index contributed by atoms with van der Waals surface area (Å²) in [6.07, 6.45) is 1.56. The molecule has 0 unspecified atom stereocenters. The molecule has 1 amide bonds. The number of allylic oxidation sites excluding steroid dienone is 1. The highest BCUT2D eigenvalue weighted by Crippen LogP contribution is 2.38. The van der Waals surface area contributed by atoms with Gasteiger partial charge >= 0.3 is 0 Å². The molecule has 2 aromatic heterocycles. The van der Waals surface area contributed by atoms with Crippen LogP contribution in [-0.2, 0) is 4.79 Å². The highest BCUT2D eigenvalue weighted by molar-refractivity contribution is 7.07. The normalized spacial score (nSPS) is 14.7. The zero-order valence-corrected chi connectivity index (χ0v) is 26.2. The summed E-state index contributed by atoms with van der Waals surface area (Å²) in [6, 6.07) is 11.9. The Balaban J connectivity index is 1.70. The quantitative estimate of drug-likeness (QED) is 0.188. The summed E-state index contributed by atoms with van der Waals surface area (Å²) in [7, 11) is 3.06. The first-order valence-electron chi connectivity index (χ1n) is 13.7. The van der Waals surface area contributed by atoms with E-state index in [0.29, 0.717) is 56.5 Å². The third-order valence-electron chi connectivity index (χ3n) is 7.36. The van der Waals surface area contributed by atoms with E-state index in [1.54, 1.807) is 48.2 Å². The second-order valence-corrected chi connectivity index (χ2v) is 11.2. The van der Waals surface area contributed by atoms with Crippen LogP contribution in [0.25, 0.3) is 17.4 Å². The second kappa shape index (κ2) is 12.5. The highest BCUT2D eigenvalue weighted by Gasteiger charge is 2.36. The predicted octanol–water partition coefficient (Wildman–Crippen LogP) is 4.94. The molecule has 13 heteroatoms. The van der Waals surface area contributed by atoms with Crippen LogP contribution in [0.5, 0.6) is 11.5 Å². The molecule has 0 saturated heterocycles. The van der Waals surface area contributed by atoms with Crippen molar-refractivity contribution in [1.29, 1.82) is 0 Å². The van der Waals surface area contributed by atoms with E-state index < -0.39 is 16.5 Å². The first kappa shape index (κ1) is 30.8. The number of methoxy groups -OCH3 is 2. The van der Waals surface area contributed by atoms with Crippen molar-refractivity contribution < 1.29 is 23.6 Å². The van der Waals surface area contributed by atoms with Crippen molar-refractivity contribution in [2.45, 2.75) is 26.8 Å². The summed E-state index contributed by atoms with van der Waals surface area (Å²) in [5.74, 6) is 1.33. The van der Waals surface area contributed by atoms with Gasteiger partial charge in [0.05, 0.1) is 40.5 Å². The number of furan rings is 1. The number of halogens is 1. The van der Waals surface area contributed by atoms with Gasteiger partial charge in [0.1, 0.15) is 29.1 Å². The highest BCUT2D eigenvalue weighted by atomic mass is 35.5. The van der Waals surface area contributed by atoms with E-state index in [2.05, 4.69) is 0 Å². The Bertz CT molecular complexity index is 1990. The van der Waals surface area contributed by atoms with Crippen LogP contribution in [0.2, 0.25) is 5.02 Å². The minimum absolute atomic E-state index is 0.203. The second-order valence-electron chi connectivity index (χ2n) is 9.79. The molecule has 44 heavy (non-hydrogen) atoms. The summed E-state index contributed by atoms with van der Waals surface area (Å²) < 4.78 is 18.9. The molecule has 2 aromatic carbocycles. The Morgan fingerprint density at radius 1 is 1.16 bits per heavy atom. The lowest BCUT2D eigenvalue weighted by Crippen LogP contribution is -2.43. The molecule has 1 aliphatic rings. The van der Waals surface area contributed by atoms with Gasteiger partial charge in [-0.1, -0.05) is 22.9 Å². The Labute approximate surface area is 261 Å². The van der Waals surface area contributed by atoms with Crippen molar-refractivity contribution in [2.75, 3.05) is 27.3 Å². The summed E-state index contributed by atoms with van der Waals surface area (Å²) in [6.45, 7) is 6.50. The fraction of sp³-hybridized carbons (Fsp3) is 0.258. The first-order chi connectivity index (χ1) is 21.1. The predicted molar refractivity (Wildman–Crippen MR) is 167 cm³/mol. The number of hydrogen-bond acceptors (Lipinski definition) is 9. The molecule has 5 rings (SSSR count). The van der Waals surface area contributed by atoms with Gasteiger partial charge in [0.2, 0.25) is 0 Å². The third-order valence-corrected chi connectivity index (χ3v) is 8.57. The summed E-state index contributed by atoms with van der Waals surface area (Å²) in [5.41, 5.74) is 1.07. The van der Waals surface area contributed by atoms with Crippen molar-refractivity contribution in [2.24, 2.45) is 4.99 Å². The minimum Gasteiger partial charge on any atom is -0.497 e. The summed E-state index contributed by atoms with van der Waals surface area (Å²) in [4.78, 5) is 45.9. The molecular formula is C31H29ClN4O7S. The number of nitro groups is 1. The molecule has 228 valence electrons. The lowest BCUT2D eigenvalue weighted by molar-refractivity contribution is -0.384. The molecule has 0 N–H and O–H groups in total. The molecule has 1 atom stereocenters.